The van der Waals surface area contributed by atoms with Crippen LogP contribution in [-0.4, -0.2) is 19.2 Å². The molecule has 5 heteroatoms. The normalized spacial score (nSPS) is 10.6. The van der Waals surface area contributed by atoms with Crippen LogP contribution < -0.4 is 14.8 Å². The molecule has 0 amide bonds. The second kappa shape index (κ2) is 5.61. The quantitative estimate of drug-likeness (QED) is 0.777. The molecule has 3 rings (SSSR count). The number of rotatable bonds is 4. The molecule has 0 fully saturated rings. The number of ether oxygens (including phenoxy) is 2. The summed E-state index contributed by atoms with van der Waals surface area (Å²) in [5.74, 6) is 1.70. The second-order valence-electron chi connectivity index (χ2n) is 4.66. The topological polar surface area (TPSA) is 43.4 Å². The Morgan fingerprint density at radius 3 is 2.43 bits per heavy atom. The van der Waals surface area contributed by atoms with Crippen molar-refractivity contribution in [3.63, 3.8) is 0 Å². The summed E-state index contributed by atoms with van der Waals surface area (Å²) in [6, 6.07) is 11.8. The highest BCUT2D eigenvalue weighted by Gasteiger charge is 2.07. The van der Waals surface area contributed by atoms with Gasteiger partial charge in [-0.15, -0.1) is 0 Å². The van der Waals surface area contributed by atoms with Crippen molar-refractivity contribution in [2.75, 3.05) is 19.5 Å². The molecule has 0 atom stereocenters. The minimum atomic E-state index is 0.846. The number of benzene rings is 2. The van der Waals surface area contributed by atoms with E-state index in [9.17, 15) is 0 Å². The number of thiazole rings is 1. The average molecular weight is 300 g/mol. The van der Waals surface area contributed by atoms with Crippen molar-refractivity contribution in [1.82, 2.24) is 4.98 Å². The highest BCUT2D eigenvalue weighted by Crippen LogP contribution is 2.32. The minimum Gasteiger partial charge on any atom is -0.497 e. The minimum absolute atomic E-state index is 0.846. The van der Waals surface area contributed by atoms with Crippen LogP contribution in [0.15, 0.2) is 36.4 Å². The van der Waals surface area contributed by atoms with Crippen LogP contribution in [0.25, 0.3) is 10.2 Å². The molecule has 0 aliphatic heterocycles. The van der Waals surface area contributed by atoms with Crippen LogP contribution in [-0.2, 0) is 0 Å². The van der Waals surface area contributed by atoms with Gasteiger partial charge in [0.15, 0.2) is 5.13 Å². The molecular weight excluding hydrogens is 284 g/mol. The van der Waals surface area contributed by atoms with E-state index in [0.29, 0.717) is 0 Å². The SMILES string of the molecule is COc1ccc(Nc2nc3ccc(OC)cc3s2)c(C)c1. The van der Waals surface area contributed by atoms with Crippen molar-refractivity contribution in [2.24, 2.45) is 0 Å². The Kier molecular flexibility index (Phi) is 3.66. The number of hydrogen-bond donors (Lipinski definition) is 1. The summed E-state index contributed by atoms with van der Waals surface area (Å²) in [5, 5.41) is 4.23. The largest absolute Gasteiger partial charge is 0.497 e. The second-order valence-corrected chi connectivity index (χ2v) is 5.69. The predicted octanol–water partition coefficient (Wildman–Crippen LogP) is 4.37. The summed E-state index contributed by atoms with van der Waals surface area (Å²) in [4.78, 5) is 4.59. The molecule has 1 aromatic heterocycles. The predicted molar refractivity (Wildman–Crippen MR) is 87.2 cm³/mol. The molecular formula is C16H16N2O2S. The zero-order valence-corrected chi connectivity index (χ0v) is 13.0. The number of anilines is 2. The van der Waals surface area contributed by atoms with Gasteiger partial charge in [0.2, 0.25) is 0 Å². The van der Waals surface area contributed by atoms with Crippen LogP contribution in [0, 0.1) is 6.92 Å². The van der Waals surface area contributed by atoms with E-state index in [1.54, 1.807) is 25.6 Å². The summed E-state index contributed by atoms with van der Waals surface area (Å²) < 4.78 is 11.6. The molecule has 0 bridgehead atoms. The van der Waals surface area contributed by atoms with Crippen LogP contribution in [0.3, 0.4) is 0 Å². The Balaban J connectivity index is 1.91. The number of aromatic nitrogens is 1. The molecule has 108 valence electrons. The van der Waals surface area contributed by atoms with Crippen LogP contribution in [0.1, 0.15) is 5.56 Å². The van der Waals surface area contributed by atoms with Crippen molar-refractivity contribution in [1.29, 1.82) is 0 Å². The molecule has 0 aliphatic rings. The van der Waals surface area contributed by atoms with Gasteiger partial charge in [-0.1, -0.05) is 11.3 Å². The van der Waals surface area contributed by atoms with Gasteiger partial charge in [-0.05, 0) is 48.9 Å². The monoisotopic (exact) mass is 300 g/mol. The van der Waals surface area contributed by atoms with Gasteiger partial charge < -0.3 is 14.8 Å². The fourth-order valence-electron chi connectivity index (χ4n) is 2.10. The van der Waals surface area contributed by atoms with Gasteiger partial charge in [-0.25, -0.2) is 4.98 Å². The highest BCUT2D eigenvalue weighted by atomic mass is 32.1. The van der Waals surface area contributed by atoms with Gasteiger partial charge in [-0.2, -0.15) is 0 Å². The Hall–Kier alpha value is -2.27. The van der Waals surface area contributed by atoms with Gasteiger partial charge in [0.1, 0.15) is 11.5 Å². The maximum absolute atomic E-state index is 5.24. The van der Waals surface area contributed by atoms with E-state index in [0.717, 1.165) is 38.1 Å². The third-order valence-electron chi connectivity index (χ3n) is 3.27. The Labute approximate surface area is 127 Å². The van der Waals surface area contributed by atoms with Crippen LogP contribution in [0.5, 0.6) is 11.5 Å². The van der Waals surface area contributed by atoms with E-state index in [4.69, 9.17) is 9.47 Å². The third-order valence-corrected chi connectivity index (χ3v) is 4.20. The van der Waals surface area contributed by atoms with E-state index in [1.165, 1.54) is 0 Å². The molecule has 4 nitrogen and oxygen atoms in total. The zero-order chi connectivity index (χ0) is 14.8. The molecule has 0 aliphatic carbocycles. The lowest BCUT2D eigenvalue weighted by Crippen LogP contribution is -1.93. The van der Waals surface area contributed by atoms with Crippen LogP contribution in [0.4, 0.5) is 10.8 Å². The smallest absolute Gasteiger partial charge is 0.188 e. The van der Waals surface area contributed by atoms with Gasteiger partial charge in [-0.3, -0.25) is 0 Å². The van der Waals surface area contributed by atoms with E-state index >= 15 is 0 Å². The van der Waals surface area contributed by atoms with Crippen molar-refractivity contribution >= 4 is 32.4 Å². The first-order chi connectivity index (χ1) is 10.2. The standard InChI is InChI=1S/C16H16N2O2S/c1-10-8-11(19-2)4-6-13(10)17-16-18-14-7-5-12(20-3)9-15(14)21-16/h4-9H,1-3H3,(H,17,18). The highest BCUT2D eigenvalue weighted by molar-refractivity contribution is 7.22. The summed E-state index contributed by atoms with van der Waals surface area (Å²) in [6.45, 7) is 2.04. The van der Waals surface area contributed by atoms with Gasteiger partial charge in [0, 0.05) is 5.69 Å². The summed E-state index contributed by atoms with van der Waals surface area (Å²) in [6.07, 6.45) is 0. The molecule has 3 aromatic rings. The first-order valence-corrected chi connectivity index (χ1v) is 7.37. The molecule has 0 radical (unpaired) electrons. The number of nitrogens with one attached hydrogen (secondary N) is 1. The number of fused-ring (bicyclic) bond motifs is 1. The lowest BCUT2D eigenvalue weighted by atomic mass is 10.2. The van der Waals surface area contributed by atoms with Gasteiger partial charge >= 0.3 is 0 Å². The van der Waals surface area contributed by atoms with Crippen LogP contribution >= 0.6 is 11.3 Å². The van der Waals surface area contributed by atoms with Crippen molar-refractivity contribution in [3.8, 4) is 11.5 Å². The first-order valence-electron chi connectivity index (χ1n) is 6.56. The Morgan fingerprint density at radius 1 is 1.00 bits per heavy atom. The van der Waals surface area contributed by atoms with E-state index in [2.05, 4.69) is 10.3 Å². The lowest BCUT2D eigenvalue weighted by molar-refractivity contribution is 0.414. The summed E-state index contributed by atoms with van der Waals surface area (Å²) in [5.41, 5.74) is 3.11. The number of aryl methyl sites for hydroxylation is 1. The van der Waals surface area contributed by atoms with E-state index in [-0.39, 0.29) is 0 Å². The maximum atomic E-state index is 5.24. The molecule has 2 aromatic carbocycles. The van der Waals surface area contributed by atoms with Crippen molar-refractivity contribution in [3.05, 3.63) is 42.0 Å². The lowest BCUT2D eigenvalue weighted by Gasteiger charge is -2.08. The third kappa shape index (κ3) is 2.78. The van der Waals surface area contributed by atoms with Gasteiger partial charge in [0.05, 0.1) is 24.4 Å². The molecule has 1 heterocycles. The number of hydrogen-bond acceptors (Lipinski definition) is 5. The molecule has 0 unspecified atom stereocenters. The maximum Gasteiger partial charge on any atom is 0.188 e. The zero-order valence-electron chi connectivity index (χ0n) is 12.1. The van der Waals surface area contributed by atoms with Gasteiger partial charge in [0.25, 0.3) is 0 Å². The fraction of sp³-hybridized carbons (Fsp3) is 0.188. The van der Waals surface area contributed by atoms with Crippen LogP contribution in [0.2, 0.25) is 0 Å². The average Bonchev–Trinajstić information content (AvgIpc) is 2.90. The van der Waals surface area contributed by atoms with Crippen molar-refractivity contribution < 1.29 is 9.47 Å². The Morgan fingerprint density at radius 2 is 1.71 bits per heavy atom. The molecule has 0 spiro atoms. The summed E-state index contributed by atoms with van der Waals surface area (Å²) >= 11 is 1.61. The number of nitrogens with zero attached hydrogens (tertiary/aromatic N) is 1. The van der Waals surface area contributed by atoms with Crippen molar-refractivity contribution in [2.45, 2.75) is 6.92 Å². The number of methoxy groups -OCH3 is 2. The van der Waals surface area contributed by atoms with E-state index < -0.39 is 0 Å². The van der Waals surface area contributed by atoms with E-state index in [1.807, 2.05) is 43.3 Å². The molecule has 0 saturated heterocycles. The molecule has 21 heavy (non-hydrogen) atoms. The summed E-state index contributed by atoms with van der Waals surface area (Å²) in [7, 11) is 3.34. The first kappa shape index (κ1) is 13.7. The molecule has 0 saturated carbocycles. The molecule has 1 N–H and O–H groups in total. The Bertz CT molecular complexity index is 783. The fourth-order valence-corrected chi connectivity index (χ4v) is 3.01.